The lowest BCUT2D eigenvalue weighted by Gasteiger charge is -2.26. The second-order valence-electron chi connectivity index (χ2n) is 4.50. The molecule has 1 aromatic rings. The molecule has 1 rings (SSSR count). The molecule has 0 aromatic carbocycles. The molecule has 0 fully saturated rings. The van der Waals surface area contributed by atoms with Crippen LogP contribution in [0.3, 0.4) is 0 Å². The molecule has 88 valence electrons. The SMILES string of the molecule is CC[C@H](C)C(=O)NC(C)(C)c1ncccn1. The average Bonchev–Trinajstić information content (AvgIpc) is 2.28. The summed E-state index contributed by atoms with van der Waals surface area (Å²) in [5.74, 6) is 0.689. The van der Waals surface area contributed by atoms with Gasteiger partial charge in [-0.25, -0.2) is 9.97 Å². The molecular weight excluding hydrogens is 202 g/mol. The van der Waals surface area contributed by atoms with Crippen molar-refractivity contribution in [1.82, 2.24) is 15.3 Å². The van der Waals surface area contributed by atoms with Crippen LogP contribution in [0.25, 0.3) is 0 Å². The maximum absolute atomic E-state index is 11.8. The van der Waals surface area contributed by atoms with Crippen molar-refractivity contribution in [1.29, 1.82) is 0 Å². The highest BCUT2D eigenvalue weighted by Gasteiger charge is 2.27. The highest BCUT2D eigenvalue weighted by molar-refractivity contribution is 5.78. The van der Waals surface area contributed by atoms with Gasteiger partial charge < -0.3 is 5.32 Å². The van der Waals surface area contributed by atoms with E-state index in [9.17, 15) is 4.79 Å². The number of aromatic nitrogens is 2. The number of carbonyl (C=O) groups excluding carboxylic acids is 1. The summed E-state index contributed by atoms with van der Waals surface area (Å²) < 4.78 is 0. The van der Waals surface area contributed by atoms with Crippen LogP contribution in [0, 0.1) is 5.92 Å². The molecule has 1 heterocycles. The van der Waals surface area contributed by atoms with Crippen molar-refractivity contribution < 1.29 is 4.79 Å². The van der Waals surface area contributed by atoms with E-state index in [4.69, 9.17) is 0 Å². The van der Waals surface area contributed by atoms with Crippen LogP contribution >= 0.6 is 0 Å². The molecule has 0 spiro atoms. The van der Waals surface area contributed by atoms with E-state index in [2.05, 4.69) is 15.3 Å². The smallest absolute Gasteiger partial charge is 0.223 e. The Labute approximate surface area is 96.5 Å². The number of nitrogens with zero attached hydrogens (tertiary/aromatic N) is 2. The monoisotopic (exact) mass is 221 g/mol. The first kappa shape index (κ1) is 12.6. The first-order chi connectivity index (χ1) is 7.47. The van der Waals surface area contributed by atoms with E-state index in [1.54, 1.807) is 18.5 Å². The van der Waals surface area contributed by atoms with Gasteiger partial charge in [-0.15, -0.1) is 0 Å². The van der Waals surface area contributed by atoms with Gasteiger partial charge in [0.2, 0.25) is 5.91 Å². The van der Waals surface area contributed by atoms with Gasteiger partial charge in [0.1, 0.15) is 0 Å². The van der Waals surface area contributed by atoms with Gasteiger partial charge in [-0.3, -0.25) is 4.79 Å². The molecule has 0 saturated heterocycles. The van der Waals surface area contributed by atoms with E-state index in [1.807, 2.05) is 27.7 Å². The predicted molar refractivity (Wildman–Crippen MR) is 62.7 cm³/mol. The summed E-state index contributed by atoms with van der Waals surface area (Å²) in [5, 5.41) is 2.96. The zero-order chi connectivity index (χ0) is 12.2. The largest absolute Gasteiger partial charge is 0.344 e. The van der Waals surface area contributed by atoms with Gasteiger partial charge in [0.15, 0.2) is 5.82 Å². The number of hydrogen-bond donors (Lipinski definition) is 1. The molecule has 1 amide bonds. The molecule has 0 saturated carbocycles. The van der Waals surface area contributed by atoms with Crippen LogP contribution in [0.15, 0.2) is 18.5 Å². The Kier molecular flexibility index (Phi) is 3.99. The van der Waals surface area contributed by atoms with Crippen molar-refractivity contribution in [2.75, 3.05) is 0 Å². The minimum atomic E-state index is -0.526. The Morgan fingerprint density at radius 1 is 1.44 bits per heavy atom. The van der Waals surface area contributed by atoms with E-state index < -0.39 is 5.54 Å². The average molecular weight is 221 g/mol. The third kappa shape index (κ3) is 3.02. The molecule has 0 bridgehead atoms. The van der Waals surface area contributed by atoms with Crippen molar-refractivity contribution in [3.05, 3.63) is 24.3 Å². The van der Waals surface area contributed by atoms with Crippen LogP contribution < -0.4 is 5.32 Å². The van der Waals surface area contributed by atoms with Gasteiger partial charge in [0, 0.05) is 18.3 Å². The van der Waals surface area contributed by atoms with Gasteiger partial charge in [0.25, 0.3) is 0 Å². The van der Waals surface area contributed by atoms with Crippen LogP contribution in [-0.2, 0) is 10.3 Å². The Morgan fingerprint density at radius 2 is 2.00 bits per heavy atom. The Balaban J connectivity index is 2.76. The van der Waals surface area contributed by atoms with E-state index in [-0.39, 0.29) is 11.8 Å². The molecule has 0 aliphatic carbocycles. The van der Waals surface area contributed by atoms with Crippen molar-refractivity contribution in [2.24, 2.45) is 5.92 Å². The molecule has 0 unspecified atom stereocenters. The minimum absolute atomic E-state index is 0.0167. The number of rotatable bonds is 4. The van der Waals surface area contributed by atoms with Crippen LogP contribution in [0.2, 0.25) is 0 Å². The van der Waals surface area contributed by atoms with E-state index in [0.717, 1.165) is 6.42 Å². The summed E-state index contributed by atoms with van der Waals surface area (Å²) in [5.41, 5.74) is -0.526. The van der Waals surface area contributed by atoms with Gasteiger partial charge in [-0.05, 0) is 26.3 Å². The summed E-state index contributed by atoms with van der Waals surface area (Å²) >= 11 is 0. The molecule has 1 atom stereocenters. The minimum Gasteiger partial charge on any atom is -0.344 e. The van der Waals surface area contributed by atoms with Gasteiger partial charge in [-0.2, -0.15) is 0 Å². The first-order valence-corrected chi connectivity index (χ1v) is 5.57. The number of hydrogen-bond acceptors (Lipinski definition) is 3. The van der Waals surface area contributed by atoms with Crippen LogP contribution in [0.5, 0.6) is 0 Å². The van der Waals surface area contributed by atoms with Crippen LogP contribution in [0.1, 0.15) is 39.9 Å². The Bertz CT molecular complexity index is 349. The molecule has 0 aliphatic rings. The standard InChI is InChI=1S/C12H19N3O/c1-5-9(2)10(16)15-12(3,4)11-13-7-6-8-14-11/h6-9H,5H2,1-4H3,(H,15,16)/t9-/m0/s1. The van der Waals surface area contributed by atoms with E-state index in [1.165, 1.54) is 0 Å². The molecule has 16 heavy (non-hydrogen) atoms. The fourth-order valence-electron chi connectivity index (χ4n) is 1.29. The molecule has 4 nitrogen and oxygen atoms in total. The molecule has 0 radical (unpaired) electrons. The lowest BCUT2D eigenvalue weighted by Crippen LogP contribution is -2.44. The maximum atomic E-state index is 11.8. The van der Waals surface area contributed by atoms with Crippen molar-refractivity contribution in [3.8, 4) is 0 Å². The second kappa shape index (κ2) is 5.05. The Hall–Kier alpha value is -1.45. The fraction of sp³-hybridized carbons (Fsp3) is 0.583. The zero-order valence-corrected chi connectivity index (χ0v) is 10.3. The van der Waals surface area contributed by atoms with Gasteiger partial charge in [0.05, 0.1) is 5.54 Å². The number of carbonyl (C=O) groups is 1. The fourth-order valence-corrected chi connectivity index (χ4v) is 1.29. The zero-order valence-electron chi connectivity index (χ0n) is 10.3. The molecular formula is C12H19N3O. The topological polar surface area (TPSA) is 54.9 Å². The summed E-state index contributed by atoms with van der Waals surface area (Å²) in [6.45, 7) is 7.72. The lowest BCUT2D eigenvalue weighted by molar-refractivity contribution is -0.126. The molecule has 0 aliphatic heterocycles. The number of nitrogens with one attached hydrogen (secondary N) is 1. The van der Waals surface area contributed by atoms with Crippen molar-refractivity contribution in [2.45, 2.75) is 39.7 Å². The van der Waals surface area contributed by atoms with Crippen LogP contribution in [-0.4, -0.2) is 15.9 Å². The van der Waals surface area contributed by atoms with Crippen molar-refractivity contribution >= 4 is 5.91 Å². The van der Waals surface area contributed by atoms with E-state index >= 15 is 0 Å². The third-order valence-electron chi connectivity index (χ3n) is 2.62. The third-order valence-corrected chi connectivity index (χ3v) is 2.62. The van der Waals surface area contributed by atoms with Crippen molar-refractivity contribution in [3.63, 3.8) is 0 Å². The molecule has 1 aromatic heterocycles. The van der Waals surface area contributed by atoms with Gasteiger partial charge >= 0.3 is 0 Å². The first-order valence-electron chi connectivity index (χ1n) is 5.57. The normalized spacial score (nSPS) is 13.2. The predicted octanol–water partition coefficient (Wildman–Crippen LogP) is 1.87. The maximum Gasteiger partial charge on any atom is 0.223 e. The highest BCUT2D eigenvalue weighted by Crippen LogP contribution is 2.16. The number of amides is 1. The molecule has 4 heteroatoms. The summed E-state index contributed by atoms with van der Waals surface area (Å²) in [4.78, 5) is 20.1. The van der Waals surface area contributed by atoms with E-state index in [0.29, 0.717) is 5.82 Å². The summed E-state index contributed by atoms with van der Waals surface area (Å²) in [6, 6.07) is 1.76. The second-order valence-corrected chi connectivity index (χ2v) is 4.50. The molecule has 1 N–H and O–H groups in total. The summed E-state index contributed by atoms with van der Waals surface area (Å²) in [6.07, 6.45) is 4.19. The highest BCUT2D eigenvalue weighted by atomic mass is 16.2. The summed E-state index contributed by atoms with van der Waals surface area (Å²) in [7, 11) is 0. The Morgan fingerprint density at radius 3 is 2.50 bits per heavy atom. The van der Waals surface area contributed by atoms with Gasteiger partial charge in [-0.1, -0.05) is 13.8 Å². The lowest BCUT2D eigenvalue weighted by atomic mass is 10.0. The van der Waals surface area contributed by atoms with Crippen LogP contribution in [0.4, 0.5) is 0 Å². The quantitative estimate of drug-likeness (QED) is 0.844.